The lowest BCUT2D eigenvalue weighted by molar-refractivity contribution is 0.599. The number of hydrogen-bond donors (Lipinski definition) is 0. The van der Waals surface area contributed by atoms with E-state index in [0.29, 0.717) is 33.8 Å². The van der Waals surface area contributed by atoms with Gasteiger partial charge in [0.2, 0.25) is 0 Å². The van der Waals surface area contributed by atoms with Gasteiger partial charge in [-0.05, 0) is 89.6 Å². The molecule has 3 heteroatoms. The Kier molecular flexibility index (Phi) is 6.66. The first kappa shape index (κ1) is 29.8. The average molecular weight is 807 g/mol. The molecular formula is C60H36N2O. The molecule has 0 fully saturated rings. The van der Waals surface area contributed by atoms with E-state index in [0.717, 1.165) is 54.9 Å². The summed E-state index contributed by atoms with van der Waals surface area (Å²) in [7, 11) is 0. The summed E-state index contributed by atoms with van der Waals surface area (Å²) >= 11 is 0. The quantitative estimate of drug-likeness (QED) is 0.157. The lowest BCUT2D eigenvalue weighted by Gasteiger charge is -2.15. The molecule has 0 spiro atoms. The van der Waals surface area contributed by atoms with Crippen LogP contribution in [0.5, 0.6) is 0 Å². The van der Waals surface area contributed by atoms with Crippen LogP contribution in [0, 0.1) is 0 Å². The first-order chi connectivity index (χ1) is 33.7. The summed E-state index contributed by atoms with van der Waals surface area (Å²) in [6.45, 7) is 0. The Morgan fingerprint density at radius 3 is 1.78 bits per heavy atom. The molecule has 0 N–H and O–H groups in total. The molecule has 292 valence electrons. The van der Waals surface area contributed by atoms with E-state index in [1.807, 2.05) is 103 Å². The second-order valence-corrected chi connectivity index (χ2v) is 16.0. The van der Waals surface area contributed by atoms with Gasteiger partial charge in [0.25, 0.3) is 0 Å². The van der Waals surface area contributed by atoms with Gasteiger partial charge in [0, 0.05) is 44.8 Å². The van der Waals surface area contributed by atoms with Crippen molar-refractivity contribution < 1.29 is 12.6 Å². The Labute approximate surface area is 372 Å². The largest absolute Gasteiger partial charge is 0.455 e. The first-order valence-electron chi connectivity index (χ1n) is 24.0. The lowest BCUT2D eigenvalue weighted by atomic mass is 9.87. The minimum absolute atomic E-state index is 0.122. The van der Waals surface area contributed by atoms with Gasteiger partial charge in [0.1, 0.15) is 11.5 Å². The fourth-order valence-corrected chi connectivity index (χ4v) is 9.54. The van der Waals surface area contributed by atoms with Gasteiger partial charge in [-0.25, -0.2) is 4.98 Å². The van der Waals surface area contributed by atoms with E-state index in [-0.39, 0.29) is 46.1 Å². The van der Waals surface area contributed by atoms with Crippen molar-refractivity contribution in [2.24, 2.45) is 0 Å². The average Bonchev–Trinajstić information content (AvgIpc) is 3.80. The highest BCUT2D eigenvalue weighted by Gasteiger charge is 2.27. The minimum atomic E-state index is -0.434. The zero-order chi connectivity index (χ0) is 46.7. The summed E-state index contributed by atoms with van der Waals surface area (Å²) in [5, 5.41) is 8.89. The van der Waals surface area contributed by atoms with Crippen molar-refractivity contribution in [3.05, 3.63) is 218 Å². The Bertz CT molecular complexity index is 4250. The third-order valence-electron chi connectivity index (χ3n) is 12.4. The zero-order valence-corrected chi connectivity index (χ0v) is 33.6. The van der Waals surface area contributed by atoms with Crippen LogP contribution in [-0.2, 0) is 0 Å². The maximum absolute atomic E-state index is 9.80. The molecule has 0 radical (unpaired) electrons. The third kappa shape index (κ3) is 5.60. The number of hydrogen-bond acceptors (Lipinski definition) is 3. The van der Waals surface area contributed by atoms with Crippen LogP contribution in [0.3, 0.4) is 0 Å². The van der Waals surface area contributed by atoms with E-state index >= 15 is 0 Å². The van der Waals surface area contributed by atoms with E-state index in [2.05, 4.69) is 71.7 Å². The van der Waals surface area contributed by atoms with Crippen molar-refractivity contribution in [2.75, 3.05) is 0 Å². The summed E-state index contributed by atoms with van der Waals surface area (Å²) in [5.74, 6) is 1.34. The summed E-state index contributed by atoms with van der Waals surface area (Å²) in [5.41, 5.74) is 7.65. The van der Waals surface area contributed by atoms with Gasteiger partial charge < -0.3 is 4.42 Å². The molecule has 0 aliphatic heterocycles. The monoisotopic (exact) mass is 806 g/mol. The molecule has 10 aromatic carbocycles. The number of fused-ring (bicyclic) bond motifs is 4. The van der Waals surface area contributed by atoms with Gasteiger partial charge in [-0.1, -0.05) is 188 Å². The third-order valence-corrected chi connectivity index (χ3v) is 12.4. The normalized spacial score (nSPS) is 13.1. The lowest BCUT2D eigenvalue weighted by Crippen LogP contribution is -1.91. The summed E-state index contributed by atoms with van der Waals surface area (Å²) < 4.78 is 63.4. The molecule has 13 rings (SSSR count). The van der Waals surface area contributed by atoms with Gasteiger partial charge >= 0.3 is 0 Å². The van der Waals surface area contributed by atoms with Crippen molar-refractivity contribution >= 4 is 64.9 Å². The van der Waals surface area contributed by atoms with Crippen LogP contribution in [0.1, 0.15) is 8.22 Å². The van der Waals surface area contributed by atoms with Crippen LogP contribution in [0.25, 0.3) is 132 Å². The molecule has 0 saturated heterocycles. The Morgan fingerprint density at radius 2 is 0.968 bits per heavy atom. The molecule has 3 aromatic heterocycles. The summed E-state index contributed by atoms with van der Waals surface area (Å²) in [6, 6.07) is 56.9. The van der Waals surface area contributed by atoms with Gasteiger partial charge in [0.05, 0.1) is 25.0 Å². The van der Waals surface area contributed by atoms with Crippen LogP contribution >= 0.6 is 0 Å². The van der Waals surface area contributed by atoms with Gasteiger partial charge in [-0.2, -0.15) is 0 Å². The van der Waals surface area contributed by atoms with Crippen LogP contribution in [0.15, 0.2) is 223 Å². The van der Waals surface area contributed by atoms with Crippen molar-refractivity contribution in [2.45, 2.75) is 0 Å². The van der Waals surface area contributed by atoms with Crippen LogP contribution < -0.4 is 0 Å². The second kappa shape index (κ2) is 14.1. The smallest absolute Gasteiger partial charge is 0.143 e. The Hall–Kier alpha value is -8.40. The molecule has 0 unspecified atom stereocenters. The van der Waals surface area contributed by atoms with Crippen LogP contribution in [0.2, 0.25) is 0 Å². The first-order valence-corrected chi connectivity index (χ1v) is 21.0. The predicted molar refractivity (Wildman–Crippen MR) is 263 cm³/mol. The van der Waals surface area contributed by atoms with Crippen molar-refractivity contribution in [1.82, 2.24) is 9.97 Å². The standard InChI is InChI=1S/C60H36N2O/c1-3-12-37(13-4-1)55-56(59(43-14-5-2-6-15-43)63-60(55)51-31-28-40-24-23-38-16-9-17-39-27-30-50(51)54(40)53(38)39)45-19-10-18-44(36-45)46-32-33-49(48-22-8-7-21-47(46)48)52-34-29-42-26-25-41-20-11-35-61-57(41)58(42)62-52/h1-36H/i7D,8D,21D,22D,32D,33D. The Balaban J connectivity index is 1.09. The van der Waals surface area contributed by atoms with E-state index in [4.69, 9.17) is 12.1 Å². The highest BCUT2D eigenvalue weighted by Crippen LogP contribution is 2.51. The molecule has 3 nitrogen and oxygen atoms in total. The molecule has 13 aromatic rings. The highest BCUT2D eigenvalue weighted by molar-refractivity contribution is 6.26. The number of benzene rings is 10. The maximum atomic E-state index is 9.80. The number of nitrogens with zero attached hydrogens (tertiary/aromatic N) is 2. The highest BCUT2D eigenvalue weighted by atomic mass is 16.3. The minimum Gasteiger partial charge on any atom is -0.455 e. The fraction of sp³-hybridized carbons (Fsp3) is 0. The number of pyridine rings is 2. The van der Waals surface area contributed by atoms with E-state index < -0.39 is 12.1 Å². The number of aromatic nitrogens is 2. The maximum Gasteiger partial charge on any atom is 0.143 e. The van der Waals surface area contributed by atoms with Gasteiger partial charge in [-0.15, -0.1) is 0 Å². The van der Waals surface area contributed by atoms with E-state index in [1.54, 1.807) is 12.3 Å². The van der Waals surface area contributed by atoms with E-state index in [1.165, 1.54) is 21.5 Å². The molecule has 0 atom stereocenters. The van der Waals surface area contributed by atoms with Crippen LogP contribution in [-0.4, -0.2) is 9.97 Å². The molecule has 0 amide bonds. The second-order valence-electron chi connectivity index (χ2n) is 16.0. The molecular weight excluding hydrogens is 765 g/mol. The predicted octanol–water partition coefficient (Wildman–Crippen LogP) is 16.4. The number of furan rings is 1. The topological polar surface area (TPSA) is 38.9 Å². The molecule has 63 heavy (non-hydrogen) atoms. The van der Waals surface area contributed by atoms with Crippen LogP contribution in [0.4, 0.5) is 0 Å². The molecule has 0 aliphatic rings. The fourth-order valence-electron chi connectivity index (χ4n) is 9.54. The molecule has 0 saturated carbocycles. The van der Waals surface area contributed by atoms with Gasteiger partial charge in [0.15, 0.2) is 0 Å². The summed E-state index contributed by atoms with van der Waals surface area (Å²) in [4.78, 5) is 9.64. The number of rotatable bonds is 6. The molecule has 3 heterocycles. The SMILES string of the molecule is [2H]c1c([2H])c([2H])c2c(-c3ccc4ccc5cccnc5c4n3)c([2H])c([2H])c(-c3cccc(-c4c(-c5ccccc5)oc(-c5ccc6ccc7cccc8ccc5c6c78)c4-c4ccccc4)c3)c2c1[2H]. The summed E-state index contributed by atoms with van der Waals surface area (Å²) in [6.07, 6.45) is 1.70. The van der Waals surface area contributed by atoms with Crippen molar-refractivity contribution in [3.8, 4) is 67.3 Å². The van der Waals surface area contributed by atoms with E-state index in [9.17, 15) is 5.48 Å². The van der Waals surface area contributed by atoms with Crippen molar-refractivity contribution in [1.29, 1.82) is 0 Å². The van der Waals surface area contributed by atoms with Gasteiger partial charge in [-0.3, -0.25) is 4.98 Å². The molecule has 0 bridgehead atoms. The molecule has 0 aliphatic carbocycles. The zero-order valence-electron chi connectivity index (χ0n) is 39.6. The van der Waals surface area contributed by atoms with Crippen molar-refractivity contribution in [3.63, 3.8) is 0 Å². The Morgan fingerprint density at radius 1 is 0.381 bits per heavy atom.